The Labute approximate surface area is 91.1 Å². The van der Waals surface area contributed by atoms with Crippen molar-refractivity contribution >= 4 is 0 Å². The molecular weight excluding hydrogens is 188 g/mol. The summed E-state index contributed by atoms with van der Waals surface area (Å²) in [6.07, 6.45) is 3.71. The molecule has 0 aromatic carbocycles. The van der Waals surface area contributed by atoms with Gasteiger partial charge < -0.3 is 4.90 Å². The number of hydrogen-bond acceptors (Lipinski definition) is 3. The van der Waals surface area contributed by atoms with E-state index in [4.69, 9.17) is 0 Å². The summed E-state index contributed by atoms with van der Waals surface area (Å²) in [7, 11) is 0. The second kappa shape index (κ2) is 4.75. The molecule has 0 unspecified atom stereocenters. The van der Waals surface area contributed by atoms with E-state index in [1.165, 1.54) is 25.9 Å². The van der Waals surface area contributed by atoms with Gasteiger partial charge in [0.2, 0.25) is 0 Å². The molecule has 1 fully saturated rings. The van der Waals surface area contributed by atoms with Crippen LogP contribution < -0.4 is 0 Å². The van der Waals surface area contributed by atoms with Crippen molar-refractivity contribution < 1.29 is 0 Å². The Morgan fingerprint density at radius 2 is 2.07 bits per heavy atom. The molecule has 15 heavy (non-hydrogen) atoms. The Morgan fingerprint density at radius 3 is 2.67 bits per heavy atom. The molecule has 1 aromatic rings. The van der Waals surface area contributed by atoms with Crippen molar-refractivity contribution in [2.75, 3.05) is 19.6 Å². The van der Waals surface area contributed by atoms with E-state index in [-0.39, 0.29) is 0 Å². The molecule has 4 nitrogen and oxygen atoms in total. The number of H-pyrrole nitrogens is 1. The van der Waals surface area contributed by atoms with E-state index in [1.807, 2.05) is 0 Å². The van der Waals surface area contributed by atoms with Crippen LogP contribution in [0.3, 0.4) is 0 Å². The summed E-state index contributed by atoms with van der Waals surface area (Å²) in [4.78, 5) is 6.97. The second-order valence-corrected chi connectivity index (χ2v) is 4.59. The highest BCUT2D eigenvalue weighted by Crippen LogP contribution is 2.10. The number of aromatic amines is 1. The molecule has 0 amide bonds. The summed E-state index contributed by atoms with van der Waals surface area (Å²) >= 11 is 0. The van der Waals surface area contributed by atoms with Crippen LogP contribution in [-0.4, -0.2) is 39.7 Å². The minimum absolute atomic E-state index is 0.418. The predicted molar refractivity (Wildman–Crippen MR) is 59.8 cm³/mol. The molecule has 0 spiro atoms. The van der Waals surface area contributed by atoms with Gasteiger partial charge in [-0.25, -0.2) is 4.98 Å². The van der Waals surface area contributed by atoms with E-state index in [9.17, 15) is 0 Å². The van der Waals surface area contributed by atoms with Crippen LogP contribution in [0.1, 0.15) is 44.3 Å². The van der Waals surface area contributed by atoms with Gasteiger partial charge in [-0.15, -0.1) is 0 Å². The minimum atomic E-state index is 0.418. The first-order valence-electron chi connectivity index (χ1n) is 5.89. The maximum atomic E-state index is 4.48. The third kappa shape index (κ3) is 2.78. The normalized spacial score (nSPS) is 17.8. The maximum Gasteiger partial charge on any atom is 0.153 e. The number of rotatable bonds is 4. The van der Waals surface area contributed by atoms with Crippen molar-refractivity contribution in [1.29, 1.82) is 0 Å². The topological polar surface area (TPSA) is 44.8 Å². The number of nitrogens with zero attached hydrogens (tertiary/aromatic N) is 3. The molecule has 0 bridgehead atoms. The van der Waals surface area contributed by atoms with Crippen LogP contribution >= 0.6 is 0 Å². The van der Waals surface area contributed by atoms with Gasteiger partial charge in [0, 0.05) is 18.9 Å². The fourth-order valence-electron chi connectivity index (χ4n) is 1.95. The van der Waals surface area contributed by atoms with Crippen LogP contribution in [0.2, 0.25) is 0 Å². The Hall–Kier alpha value is -0.900. The standard InChI is InChI=1S/C11H20N4/c1-9(2)11-12-10(13-14-11)5-8-15-6-3-4-7-15/h9H,3-8H2,1-2H3,(H,12,13,14). The SMILES string of the molecule is CC(C)c1n[nH]c(CCN2CCCC2)n1. The van der Waals surface area contributed by atoms with Crippen LogP contribution in [0, 0.1) is 0 Å². The van der Waals surface area contributed by atoms with Crippen LogP contribution in [0.25, 0.3) is 0 Å². The lowest BCUT2D eigenvalue weighted by Crippen LogP contribution is -2.22. The van der Waals surface area contributed by atoms with Crippen LogP contribution in [0.5, 0.6) is 0 Å². The maximum absolute atomic E-state index is 4.48. The van der Waals surface area contributed by atoms with Gasteiger partial charge >= 0.3 is 0 Å². The summed E-state index contributed by atoms with van der Waals surface area (Å²) in [5.74, 6) is 2.39. The zero-order valence-electron chi connectivity index (χ0n) is 9.66. The Bertz CT molecular complexity index is 299. The minimum Gasteiger partial charge on any atom is -0.303 e. The van der Waals surface area contributed by atoms with Gasteiger partial charge in [-0.05, 0) is 25.9 Å². The van der Waals surface area contributed by atoms with Crippen molar-refractivity contribution in [3.8, 4) is 0 Å². The van der Waals surface area contributed by atoms with E-state index in [1.54, 1.807) is 0 Å². The summed E-state index contributed by atoms with van der Waals surface area (Å²) < 4.78 is 0. The highest BCUT2D eigenvalue weighted by Gasteiger charge is 2.12. The molecule has 2 heterocycles. The zero-order valence-corrected chi connectivity index (χ0v) is 9.66. The molecule has 1 aromatic heterocycles. The smallest absolute Gasteiger partial charge is 0.153 e. The number of aromatic nitrogens is 3. The van der Waals surface area contributed by atoms with Gasteiger partial charge in [0.1, 0.15) is 5.82 Å². The molecule has 1 aliphatic rings. The first-order chi connectivity index (χ1) is 7.25. The van der Waals surface area contributed by atoms with E-state index in [0.29, 0.717) is 5.92 Å². The van der Waals surface area contributed by atoms with Crippen molar-refractivity contribution in [3.63, 3.8) is 0 Å². The van der Waals surface area contributed by atoms with Gasteiger partial charge in [0.15, 0.2) is 5.82 Å². The van der Waals surface area contributed by atoms with Gasteiger partial charge in [-0.2, -0.15) is 5.10 Å². The van der Waals surface area contributed by atoms with Crippen molar-refractivity contribution in [3.05, 3.63) is 11.6 Å². The van der Waals surface area contributed by atoms with Gasteiger partial charge in [-0.1, -0.05) is 13.8 Å². The van der Waals surface area contributed by atoms with Crippen LogP contribution in [0.4, 0.5) is 0 Å². The fraction of sp³-hybridized carbons (Fsp3) is 0.818. The summed E-state index contributed by atoms with van der Waals surface area (Å²) in [6, 6.07) is 0. The monoisotopic (exact) mass is 208 g/mol. The van der Waals surface area contributed by atoms with Gasteiger partial charge in [0.25, 0.3) is 0 Å². The molecule has 0 saturated carbocycles. The lowest BCUT2D eigenvalue weighted by Gasteiger charge is -2.12. The summed E-state index contributed by atoms with van der Waals surface area (Å²) in [5.41, 5.74) is 0. The second-order valence-electron chi connectivity index (χ2n) is 4.59. The first kappa shape index (κ1) is 10.6. The van der Waals surface area contributed by atoms with Crippen LogP contribution in [-0.2, 0) is 6.42 Å². The molecular formula is C11H20N4. The van der Waals surface area contributed by atoms with Crippen molar-refractivity contribution in [2.45, 2.75) is 39.0 Å². The van der Waals surface area contributed by atoms with E-state index < -0.39 is 0 Å². The van der Waals surface area contributed by atoms with E-state index in [2.05, 4.69) is 33.9 Å². The van der Waals surface area contributed by atoms with Gasteiger partial charge in [-0.3, -0.25) is 5.10 Å². The quantitative estimate of drug-likeness (QED) is 0.817. The molecule has 2 rings (SSSR count). The average molecular weight is 208 g/mol. The van der Waals surface area contributed by atoms with E-state index >= 15 is 0 Å². The molecule has 0 atom stereocenters. The third-order valence-corrected chi connectivity index (χ3v) is 2.93. The van der Waals surface area contributed by atoms with Crippen molar-refractivity contribution in [2.24, 2.45) is 0 Å². The molecule has 1 N–H and O–H groups in total. The molecule has 0 aliphatic carbocycles. The average Bonchev–Trinajstić information content (AvgIpc) is 2.86. The van der Waals surface area contributed by atoms with Crippen molar-refractivity contribution in [1.82, 2.24) is 20.1 Å². The highest BCUT2D eigenvalue weighted by atomic mass is 15.2. The molecule has 1 aliphatic heterocycles. The van der Waals surface area contributed by atoms with Gasteiger partial charge in [0.05, 0.1) is 0 Å². The third-order valence-electron chi connectivity index (χ3n) is 2.93. The lowest BCUT2D eigenvalue weighted by atomic mass is 10.2. The van der Waals surface area contributed by atoms with Crippen LogP contribution in [0.15, 0.2) is 0 Å². The Morgan fingerprint density at radius 1 is 1.33 bits per heavy atom. The number of nitrogens with one attached hydrogen (secondary N) is 1. The molecule has 0 radical (unpaired) electrons. The Kier molecular flexibility index (Phi) is 3.36. The highest BCUT2D eigenvalue weighted by molar-refractivity contribution is 4.95. The molecule has 1 saturated heterocycles. The first-order valence-corrected chi connectivity index (χ1v) is 5.89. The fourth-order valence-corrected chi connectivity index (χ4v) is 1.95. The summed E-state index contributed by atoms with van der Waals surface area (Å²) in [6.45, 7) is 7.87. The largest absolute Gasteiger partial charge is 0.303 e. The predicted octanol–water partition coefficient (Wildman–Crippen LogP) is 1.57. The number of likely N-dealkylation sites (tertiary alicyclic amines) is 1. The molecule has 84 valence electrons. The zero-order chi connectivity index (χ0) is 10.7. The molecule has 4 heteroatoms. The Balaban J connectivity index is 1.82. The lowest BCUT2D eigenvalue weighted by molar-refractivity contribution is 0.341. The van der Waals surface area contributed by atoms with E-state index in [0.717, 1.165) is 24.6 Å². The number of hydrogen-bond donors (Lipinski definition) is 1. The summed E-state index contributed by atoms with van der Waals surface area (Å²) in [5, 5.41) is 7.23.